The van der Waals surface area contributed by atoms with Crippen LogP contribution in [-0.2, 0) is 9.59 Å². The van der Waals surface area contributed by atoms with Crippen molar-refractivity contribution in [2.75, 3.05) is 23.8 Å². The van der Waals surface area contributed by atoms with Crippen LogP contribution >= 0.6 is 11.6 Å². The average molecular weight is 347 g/mol. The highest BCUT2D eigenvalue weighted by molar-refractivity contribution is 6.31. The van der Waals surface area contributed by atoms with Crippen molar-refractivity contribution in [2.45, 2.75) is 6.92 Å². The Kier molecular flexibility index (Phi) is 4.57. The van der Waals surface area contributed by atoms with Crippen molar-refractivity contribution in [1.82, 2.24) is 0 Å². The maximum Gasteiger partial charge on any atom is 0.262 e. The first-order valence-electron chi connectivity index (χ1n) is 7.27. The van der Waals surface area contributed by atoms with Crippen molar-refractivity contribution < 1.29 is 19.1 Å². The summed E-state index contributed by atoms with van der Waals surface area (Å²) in [6.45, 7) is 1.71. The van der Waals surface area contributed by atoms with Gasteiger partial charge >= 0.3 is 0 Å². The minimum Gasteiger partial charge on any atom is -0.484 e. The van der Waals surface area contributed by atoms with Gasteiger partial charge in [-0.2, -0.15) is 0 Å². The summed E-state index contributed by atoms with van der Waals surface area (Å²) in [5.41, 5.74) is 2.06. The van der Waals surface area contributed by atoms with Crippen molar-refractivity contribution in [3.05, 3.63) is 47.0 Å². The number of ether oxygens (including phenoxy) is 2. The van der Waals surface area contributed by atoms with Crippen molar-refractivity contribution in [3.63, 3.8) is 0 Å². The summed E-state index contributed by atoms with van der Waals surface area (Å²) in [7, 11) is 0. The Balaban J connectivity index is 1.59. The number of rotatable bonds is 4. The van der Waals surface area contributed by atoms with Gasteiger partial charge in [-0.25, -0.2) is 0 Å². The fourth-order valence-corrected chi connectivity index (χ4v) is 2.35. The Bertz CT molecular complexity index is 807. The molecule has 0 aliphatic carbocycles. The average Bonchev–Trinajstić information content (AvgIpc) is 2.56. The molecule has 6 nitrogen and oxygen atoms in total. The summed E-state index contributed by atoms with van der Waals surface area (Å²) in [6, 6.07) is 10.2. The quantitative estimate of drug-likeness (QED) is 0.892. The third-order valence-corrected chi connectivity index (χ3v) is 3.82. The zero-order valence-corrected chi connectivity index (χ0v) is 13.6. The molecule has 2 N–H and O–H groups in total. The zero-order valence-electron chi connectivity index (χ0n) is 12.9. The van der Waals surface area contributed by atoms with Gasteiger partial charge in [-0.15, -0.1) is 0 Å². The molecule has 1 aliphatic rings. The van der Waals surface area contributed by atoms with Crippen LogP contribution in [-0.4, -0.2) is 25.0 Å². The molecule has 0 saturated carbocycles. The molecule has 1 aliphatic heterocycles. The summed E-state index contributed by atoms with van der Waals surface area (Å²) in [4.78, 5) is 23.3. The van der Waals surface area contributed by atoms with Crippen molar-refractivity contribution in [1.29, 1.82) is 0 Å². The molecule has 0 saturated heterocycles. The van der Waals surface area contributed by atoms with Gasteiger partial charge in [0, 0.05) is 16.8 Å². The van der Waals surface area contributed by atoms with E-state index in [-0.39, 0.29) is 25.0 Å². The van der Waals surface area contributed by atoms with E-state index in [1.807, 2.05) is 13.0 Å². The van der Waals surface area contributed by atoms with Crippen LogP contribution in [0.15, 0.2) is 36.4 Å². The van der Waals surface area contributed by atoms with Crippen molar-refractivity contribution >= 4 is 34.8 Å². The highest BCUT2D eigenvalue weighted by Crippen LogP contribution is 2.31. The van der Waals surface area contributed by atoms with Gasteiger partial charge in [0.25, 0.3) is 11.8 Å². The first-order valence-corrected chi connectivity index (χ1v) is 7.64. The number of nitrogens with one attached hydrogen (secondary N) is 2. The molecule has 0 spiro atoms. The summed E-state index contributed by atoms with van der Waals surface area (Å²) >= 11 is 6.02. The van der Waals surface area contributed by atoms with Gasteiger partial charge in [-0.3, -0.25) is 9.59 Å². The van der Waals surface area contributed by atoms with Gasteiger partial charge < -0.3 is 20.1 Å². The van der Waals surface area contributed by atoms with Crippen LogP contribution < -0.4 is 20.1 Å². The molecule has 0 aromatic heterocycles. The fourth-order valence-electron chi connectivity index (χ4n) is 2.17. The molecule has 2 aromatic rings. The van der Waals surface area contributed by atoms with Crippen LogP contribution in [0.5, 0.6) is 11.5 Å². The lowest BCUT2D eigenvalue weighted by Gasteiger charge is -2.18. The van der Waals surface area contributed by atoms with Crippen LogP contribution in [0.3, 0.4) is 0 Å². The molecule has 0 fully saturated rings. The SMILES string of the molecule is Cc1ccc(NC(=O)COc2ccc3c(c2)NC(=O)CO3)cc1Cl. The number of hydrogen-bond donors (Lipinski definition) is 2. The Morgan fingerprint density at radius 2 is 2.17 bits per heavy atom. The van der Waals surface area contributed by atoms with Gasteiger partial charge in [-0.05, 0) is 36.8 Å². The standard InChI is InChI=1S/C17H15ClN2O4/c1-10-2-3-11(6-13(10)18)19-16(21)8-23-12-4-5-15-14(7-12)20-17(22)9-24-15/h2-7H,8-9H2,1H3,(H,19,21)(H,20,22). The molecule has 0 bridgehead atoms. The minimum absolute atomic E-state index is 0.00524. The molecule has 0 radical (unpaired) electrons. The van der Waals surface area contributed by atoms with E-state index in [4.69, 9.17) is 21.1 Å². The van der Waals surface area contributed by atoms with Crippen LogP contribution in [0.25, 0.3) is 0 Å². The topological polar surface area (TPSA) is 76.7 Å². The predicted octanol–water partition coefficient (Wildman–Crippen LogP) is 3.00. The Morgan fingerprint density at radius 3 is 2.96 bits per heavy atom. The number of carbonyl (C=O) groups is 2. The summed E-state index contributed by atoms with van der Waals surface area (Å²) in [6.07, 6.45) is 0. The van der Waals surface area contributed by atoms with Gasteiger partial charge in [0.1, 0.15) is 11.5 Å². The molecule has 7 heteroatoms. The van der Waals surface area contributed by atoms with E-state index in [1.165, 1.54) is 0 Å². The molecule has 2 aromatic carbocycles. The summed E-state index contributed by atoms with van der Waals surface area (Å²) < 4.78 is 10.7. The molecule has 124 valence electrons. The molecule has 24 heavy (non-hydrogen) atoms. The van der Waals surface area contributed by atoms with Crippen molar-refractivity contribution in [3.8, 4) is 11.5 Å². The smallest absolute Gasteiger partial charge is 0.262 e. The van der Waals surface area contributed by atoms with Crippen LogP contribution in [0.1, 0.15) is 5.56 Å². The number of aryl methyl sites for hydroxylation is 1. The number of anilines is 2. The normalized spacial score (nSPS) is 12.7. The monoisotopic (exact) mass is 346 g/mol. The Morgan fingerprint density at radius 1 is 1.33 bits per heavy atom. The fraction of sp³-hybridized carbons (Fsp3) is 0.176. The number of fused-ring (bicyclic) bond motifs is 1. The molecule has 0 atom stereocenters. The highest BCUT2D eigenvalue weighted by Gasteiger charge is 2.16. The van der Waals surface area contributed by atoms with Crippen LogP contribution in [0, 0.1) is 6.92 Å². The third kappa shape index (κ3) is 3.78. The summed E-state index contributed by atoms with van der Waals surface area (Å²) in [5.74, 6) is 0.485. The largest absolute Gasteiger partial charge is 0.484 e. The van der Waals surface area contributed by atoms with E-state index >= 15 is 0 Å². The first kappa shape index (κ1) is 16.1. The number of carbonyl (C=O) groups excluding carboxylic acids is 2. The zero-order chi connectivity index (χ0) is 17.1. The van der Waals surface area contributed by atoms with Crippen molar-refractivity contribution in [2.24, 2.45) is 0 Å². The van der Waals surface area contributed by atoms with Gasteiger partial charge in [0.15, 0.2) is 13.2 Å². The summed E-state index contributed by atoms with van der Waals surface area (Å²) in [5, 5.41) is 5.97. The second-order valence-corrected chi connectivity index (χ2v) is 5.70. The van der Waals surface area contributed by atoms with E-state index in [9.17, 15) is 9.59 Å². The molecular weight excluding hydrogens is 332 g/mol. The predicted molar refractivity (Wildman–Crippen MR) is 90.9 cm³/mol. The van der Waals surface area contributed by atoms with Crippen LogP contribution in [0.2, 0.25) is 5.02 Å². The molecule has 3 rings (SSSR count). The second-order valence-electron chi connectivity index (χ2n) is 5.30. The molecule has 2 amide bonds. The molecule has 1 heterocycles. The lowest BCUT2D eigenvalue weighted by atomic mass is 10.2. The maximum atomic E-state index is 11.9. The Labute approximate surface area is 143 Å². The molecular formula is C17H15ClN2O4. The lowest BCUT2D eigenvalue weighted by molar-refractivity contribution is -0.119. The van der Waals surface area contributed by atoms with Gasteiger partial charge in [0.05, 0.1) is 5.69 Å². The van der Waals surface area contributed by atoms with E-state index in [0.717, 1.165) is 5.56 Å². The second kappa shape index (κ2) is 6.80. The van der Waals surface area contributed by atoms with Crippen LogP contribution in [0.4, 0.5) is 11.4 Å². The lowest BCUT2D eigenvalue weighted by Crippen LogP contribution is -2.25. The number of benzene rings is 2. The maximum absolute atomic E-state index is 11.9. The van der Waals surface area contributed by atoms with E-state index in [0.29, 0.717) is 27.9 Å². The third-order valence-electron chi connectivity index (χ3n) is 3.41. The Hall–Kier alpha value is -2.73. The number of halogens is 1. The van der Waals surface area contributed by atoms with Gasteiger partial charge in [0.2, 0.25) is 0 Å². The number of amides is 2. The first-order chi connectivity index (χ1) is 11.5. The van der Waals surface area contributed by atoms with E-state index in [1.54, 1.807) is 30.3 Å². The molecule has 0 unspecified atom stereocenters. The van der Waals surface area contributed by atoms with E-state index in [2.05, 4.69) is 10.6 Å². The van der Waals surface area contributed by atoms with E-state index < -0.39 is 0 Å². The minimum atomic E-state index is -0.312. The number of hydrogen-bond acceptors (Lipinski definition) is 4. The highest BCUT2D eigenvalue weighted by atomic mass is 35.5. The van der Waals surface area contributed by atoms with Gasteiger partial charge in [-0.1, -0.05) is 17.7 Å².